The first-order chi connectivity index (χ1) is 5.27. The molecule has 0 saturated carbocycles. The fraction of sp³-hybridized carbons (Fsp3) is 0.200. The minimum Gasteiger partial charge on any atom is -0.343 e. The molecule has 0 fully saturated rings. The van der Waals surface area contributed by atoms with E-state index in [9.17, 15) is 4.79 Å². The van der Waals surface area contributed by atoms with E-state index in [2.05, 4.69) is 25.4 Å². The van der Waals surface area contributed by atoms with Crippen molar-refractivity contribution in [2.24, 2.45) is 0 Å². The molecule has 66 valence electrons. The number of aromatic amines is 1. The molecule has 6 nitrogen and oxygen atoms in total. The minimum absolute atomic E-state index is 0. The van der Waals surface area contributed by atoms with Crippen molar-refractivity contribution in [2.75, 3.05) is 0 Å². The third-order valence-electron chi connectivity index (χ3n) is 1.28. The molecule has 7 heteroatoms. The van der Waals surface area contributed by atoms with E-state index < -0.39 is 0 Å². The molecule has 0 aromatic carbocycles. The van der Waals surface area contributed by atoms with E-state index in [1.807, 2.05) is 0 Å². The number of fused-ring (bicyclic) bond motifs is 1. The van der Waals surface area contributed by atoms with Gasteiger partial charge in [0.2, 0.25) is 0 Å². The first kappa shape index (κ1) is 9.11. The standard InChI is InChI=1S/C5H5N5O.Ag/c1-2-6-4-3(5(11)7-2)8-10-9-4;/h1H3,(H2,6,7,8,9,10,11);/q;+1/p-1. The second kappa shape index (κ2) is 3.18. The van der Waals surface area contributed by atoms with Crippen LogP contribution in [0.15, 0.2) is 4.79 Å². The Kier molecular flexibility index (Phi) is 2.41. The fourth-order valence-electron chi connectivity index (χ4n) is 0.834. The molecule has 0 spiro atoms. The molecule has 2 rings (SSSR count). The van der Waals surface area contributed by atoms with Crippen molar-refractivity contribution >= 4 is 11.2 Å². The molecule has 2 aromatic rings. The second-order valence-electron chi connectivity index (χ2n) is 2.11. The van der Waals surface area contributed by atoms with E-state index in [1.54, 1.807) is 6.92 Å². The van der Waals surface area contributed by atoms with E-state index in [1.165, 1.54) is 0 Å². The summed E-state index contributed by atoms with van der Waals surface area (Å²) in [6.45, 7) is 1.68. The summed E-state index contributed by atoms with van der Waals surface area (Å²) in [5.74, 6) is 0.518. The van der Waals surface area contributed by atoms with Gasteiger partial charge in [-0.15, -0.1) is 0 Å². The van der Waals surface area contributed by atoms with E-state index >= 15 is 0 Å². The summed E-state index contributed by atoms with van der Waals surface area (Å²) in [5.41, 5.74) is 0.194. The van der Waals surface area contributed by atoms with Crippen LogP contribution < -0.4 is 10.7 Å². The van der Waals surface area contributed by atoms with Gasteiger partial charge in [0.05, 0.1) is 11.2 Å². The molecule has 2 aromatic heterocycles. The summed E-state index contributed by atoms with van der Waals surface area (Å²) in [6.07, 6.45) is 0. The molecule has 0 aliphatic carbocycles. The van der Waals surface area contributed by atoms with E-state index in [0.29, 0.717) is 11.5 Å². The van der Waals surface area contributed by atoms with Gasteiger partial charge >= 0.3 is 22.4 Å². The van der Waals surface area contributed by atoms with Gasteiger partial charge < -0.3 is 15.2 Å². The summed E-state index contributed by atoms with van der Waals surface area (Å²) in [5, 5.41) is 10.4. The number of H-pyrrole nitrogens is 1. The maximum atomic E-state index is 11.0. The van der Waals surface area contributed by atoms with Gasteiger partial charge in [0.15, 0.2) is 0 Å². The van der Waals surface area contributed by atoms with Crippen LogP contribution in [0.25, 0.3) is 11.2 Å². The Balaban J connectivity index is 0.000000720. The quantitative estimate of drug-likeness (QED) is 0.611. The molecule has 0 radical (unpaired) electrons. The third-order valence-corrected chi connectivity index (χ3v) is 1.28. The van der Waals surface area contributed by atoms with Gasteiger partial charge in [-0.3, -0.25) is 10.0 Å². The van der Waals surface area contributed by atoms with E-state index in [4.69, 9.17) is 0 Å². The van der Waals surface area contributed by atoms with Crippen molar-refractivity contribution in [2.45, 2.75) is 6.92 Å². The molecular formula is C5H4AgN5O. The maximum Gasteiger partial charge on any atom is 1.00 e. The maximum absolute atomic E-state index is 11.0. The number of rotatable bonds is 0. The zero-order valence-corrected chi connectivity index (χ0v) is 7.48. The van der Waals surface area contributed by atoms with Gasteiger partial charge in [-0.1, -0.05) is 0 Å². The molecule has 1 N–H and O–H groups in total. The normalized spacial score (nSPS) is 9.75. The molecular weight excluding hydrogens is 254 g/mol. The number of aryl methyl sites for hydroxylation is 1. The van der Waals surface area contributed by atoms with Crippen LogP contribution in [0, 0.1) is 6.92 Å². The Morgan fingerprint density at radius 1 is 1.50 bits per heavy atom. The Hall–Kier alpha value is -0.980. The van der Waals surface area contributed by atoms with E-state index in [-0.39, 0.29) is 33.5 Å². The Bertz CT molecular complexity index is 446. The van der Waals surface area contributed by atoms with Crippen LogP contribution in [-0.2, 0) is 22.4 Å². The number of nitrogens with one attached hydrogen (secondary N) is 1. The first-order valence-electron chi connectivity index (χ1n) is 3.00. The van der Waals surface area contributed by atoms with Crippen LogP contribution in [0.2, 0.25) is 0 Å². The molecule has 0 amide bonds. The molecule has 0 aliphatic heterocycles. The summed E-state index contributed by atoms with van der Waals surface area (Å²) < 4.78 is 0. The predicted molar refractivity (Wildman–Crippen MR) is 36.0 cm³/mol. The Morgan fingerprint density at radius 2 is 2.25 bits per heavy atom. The molecule has 12 heavy (non-hydrogen) atoms. The molecule has 0 unspecified atom stereocenters. The van der Waals surface area contributed by atoms with Crippen molar-refractivity contribution in [1.82, 2.24) is 25.4 Å². The molecule has 0 aliphatic rings. The van der Waals surface area contributed by atoms with Crippen molar-refractivity contribution < 1.29 is 22.4 Å². The summed E-state index contributed by atoms with van der Waals surface area (Å²) in [4.78, 5) is 17.4. The van der Waals surface area contributed by atoms with E-state index in [0.717, 1.165) is 0 Å². The SMILES string of the molecule is Cc1nc2nn[n-]c2c(=O)[nH]1.[Ag+]. The van der Waals surface area contributed by atoms with Gasteiger partial charge in [0.1, 0.15) is 5.82 Å². The van der Waals surface area contributed by atoms with Crippen LogP contribution in [0.3, 0.4) is 0 Å². The number of hydrogen-bond donors (Lipinski definition) is 1. The van der Waals surface area contributed by atoms with Gasteiger partial charge in [-0.05, 0) is 6.92 Å². The average molecular weight is 258 g/mol. The van der Waals surface area contributed by atoms with Crippen LogP contribution in [0.4, 0.5) is 0 Å². The van der Waals surface area contributed by atoms with Gasteiger partial charge in [-0.2, -0.15) is 0 Å². The fourth-order valence-corrected chi connectivity index (χ4v) is 0.834. The van der Waals surface area contributed by atoms with Crippen molar-refractivity contribution in [3.05, 3.63) is 16.2 Å². The molecule has 2 heterocycles. The third kappa shape index (κ3) is 1.31. The van der Waals surface area contributed by atoms with Gasteiger partial charge in [-0.25, -0.2) is 4.98 Å². The van der Waals surface area contributed by atoms with Gasteiger partial charge in [0, 0.05) is 0 Å². The zero-order valence-electron chi connectivity index (χ0n) is 6.00. The number of hydrogen-bond acceptors (Lipinski definition) is 4. The average Bonchev–Trinajstić information content (AvgIpc) is 2.34. The van der Waals surface area contributed by atoms with Crippen molar-refractivity contribution in [3.8, 4) is 0 Å². The molecule has 0 bridgehead atoms. The van der Waals surface area contributed by atoms with Crippen molar-refractivity contribution in [1.29, 1.82) is 0 Å². The summed E-state index contributed by atoms with van der Waals surface area (Å²) in [7, 11) is 0. The minimum atomic E-state index is -0.294. The molecule has 0 atom stereocenters. The molecule has 0 saturated heterocycles. The largest absolute Gasteiger partial charge is 1.00 e. The Labute approximate surface area is 82.3 Å². The van der Waals surface area contributed by atoms with Crippen LogP contribution in [0.5, 0.6) is 0 Å². The van der Waals surface area contributed by atoms with Gasteiger partial charge in [0.25, 0.3) is 5.56 Å². The topological polar surface area (TPSA) is 85.6 Å². The number of aromatic nitrogens is 5. The summed E-state index contributed by atoms with van der Waals surface area (Å²) >= 11 is 0. The van der Waals surface area contributed by atoms with Crippen molar-refractivity contribution in [3.63, 3.8) is 0 Å². The second-order valence-corrected chi connectivity index (χ2v) is 2.11. The first-order valence-corrected chi connectivity index (χ1v) is 3.00. The number of nitrogens with zero attached hydrogens (tertiary/aromatic N) is 4. The van der Waals surface area contributed by atoms with Crippen LogP contribution >= 0.6 is 0 Å². The van der Waals surface area contributed by atoms with Crippen LogP contribution in [0.1, 0.15) is 5.82 Å². The smallest absolute Gasteiger partial charge is 0.343 e. The predicted octanol–water partition coefficient (Wildman–Crippen LogP) is -1.02. The zero-order chi connectivity index (χ0) is 7.84. The van der Waals surface area contributed by atoms with Crippen LogP contribution in [-0.4, -0.2) is 20.3 Å². The Morgan fingerprint density at radius 3 is 3.00 bits per heavy atom. The monoisotopic (exact) mass is 257 g/mol. The summed E-state index contributed by atoms with van der Waals surface area (Å²) in [6, 6.07) is 0.